The summed E-state index contributed by atoms with van der Waals surface area (Å²) in [5, 5.41) is 0. The van der Waals surface area contributed by atoms with Gasteiger partial charge in [-0.2, -0.15) is 13.2 Å². The number of nitrogens with two attached hydrogens (primary N) is 1. The van der Waals surface area contributed by atoms with Gasteiger partial charge in [0.25, 0.3) is 0 Å². The highest BCUT2D eigenvalue weighted by Crippen LogP contribution is 2.17. The largest absolute Gasteiger partial charge is 0.411 e. The van der Waals surface area contributed by atoms with Crippen LogP contribution in [0.3, 0.4) is 0 Å². The zero-order chi connectivity index (χ0) is 15.0. The number of alkyl halides is 3. The Morgan fingerprint density at radius 1 is 1.20 bits per heavy atom. The third kappa shape index (κ3) is 7.87. The summed E-state index contributed by atoms with van der Waals surface area (Å²) >= 11 is 3.37. The normalized spacial score (nSPS) is 13.4. The number of hydrogen-bond acceptors (Lipinski definition) is 2. The predicted octanol–water partition coefficient (Wildman–Crippen LogP) is 3.93. The Bertz CT molecular complexity index is 381. The fourth-order valence-electron chi connectivity index (χ4n) is 1.92. The van der Waals surface area contributed by atoms with Crippen molar-refractivity contribution >= 4 is 15.9 Å². The minimum atomic E-state index is -4.25. The van der Waals surface area contributed by atoms with Gasteiger partial charge in [0.1, 0.15) is 6.61 Å². The van der Waals surface area contributed by atoms with Crippen molar-refractivity contribution in [3.8, 4) is 0 Å². The molecule has 0 radical (unpaired) electrons. The zero-order valence-corrected chi connectivity index (χ0v) is 12.7. The minimum Gasteiger partial charge on any atom is -0.372 e. The molecule has 1 rings (SSSR count). The predicted molar refractivity (Wildman–Crippen MR) is 76.5 cm³/mol. The second-order valence-corrected chi connectivity index (χ2v) is 5.66. The van der Waals surface area contributed by atoms with Gasteiger partial charge >= 0.3 is 6.18 Å². The highest BCUT2D eigenvalue weighted by molar-refractivity contribution is 9.10. The van der Waals surface area contributed by atoms with Gasteiger partial charge in [0, 0.05) is 11.1 Å². The van der Waals surface area contributed by atoms with Crippen LogP contribution in [0.1, 0.15) is 18.4 Å². The van der Waals surface area contributed by atoms with E-state index in [4.69, 9.17) is 5.73 Å². The molecular formula is C14H19BrF3NO. The lowest BCUT2D eigenvalue weighted by atomic mass is 9.95. The van der Waals surface area contributed by atoms with Crippen LogP contribution in [0.4, 0.5) is 13.2 Å². The topological polar surface area (TPSA) is 35.2 Å². The van der Waals surface area contributed by atoms with E-state index in [1.54, 1.807) is 0 Å². The maximum Gasteiger partial charge on any atom is 0.411 e. The molecule has 2 nitrogen and oxygen atoms in total. The molecule has 0 saturated heterocycles. The fourth-order valence-corrected chi connectivity index (χ4v) is 2.18. The average molecular weight is 354 g/mol. The summed E-state index contributed by atoms with van der Waals surface area (Å²) in [6.07, 6.45) is -2.05. The molecule has 0 amide bonds. The first kappa shape index (κ1) is 17.5. The van der Waals surface area contributed by atoms with Crippen LogP contribution < -0.4 is 5.73 Å². The molecule has 20 heavy (non-hydrogen) atoms. The van der Waals surface area contributed by atoms with Gasteiger partial charge in [-0.05, 0) is 49.4 Å². The van der Waals surface area contributed by atoms with Crippen molar-refractivity contribution in [3.63, 3.8) is 0 Å². The van der Waals surface area contributed by atoms with Crippen LogP contribution in [0, 0.1) is 5.92 Å². The van der Waals surface area contributed by atoms with Crippen molar-refractivity contribution in [2.75, 3.05) is 19.8 Å². The molecule has 2 N–H and O–H groups in total. The molecule has 0 saturated carbocycles. The van der Waals surface area contributed by atoms with Crippen molar-refractivity contribution < 1.29 is 17.9 Å². The summed E-state index contributed by atoms with van der Waals surface area (Å²) in [5.74, 6) is 0.269. The van der Waals surface area contributed by atoms with E-state index >= 15 is 0 Å². The molecule has 0 aliphatic carbocycles. The number of halogens is 4. The lowest BCUT2D eigenvalue weighted by Gasteiger charge is -2.15. The third-order valence-electron chi connectivity index (χ3n) is 2.94. The van der Waals surface area contributed by atoms with Gasteiger partial charge in [0.15, 0.2) is 0 Å². The quantitative estimate of drug-likeness (QED) is 0.718. The summed E-state index contributed by atoms with van der Waals surface area (Å²) < 4.78 is 41.2. The second kappa shape index (κ2) is 8.64. The lowest BCUT2D eigenvalue weighted by molar-refractivity contribution is -0.174. The van der Waals surface area contributed by atoms with Crippen LogP contribution in [0.25, 0.3) is 0 Å². The Morgan fingerprint density at radius 3 is 2.40 bits per heavy atom. The van der Waals surface area contributed by atoms with Crippen molar-refractivity contribution in [2.45, 2.75) is 25.4 Å². The number of hydrogen-bond donors (Lipinski definition) is 1. The molecule has 0 aliphatic rings. The Labute approximate surface area is 125 Å². The van der Waals surface area contributed by atoms with Crippen LogP contribution in [-0.4, -0.2) is 25.9 Å². The van der Waals surface area contributed by atoms with Gasteiger partial charge in [-0.15, -0.1) is 0 Å². The maximum atomic E-state index is 11.9. The van der Waals surface area contributed by atoms with Crippen molar-refractivity contribution in [2.24, 2.45) is 11.7 Å². The second-order valence-electron chi connectivity index (χ2n) is 4.74. The van der Waals surface area contributed by atoms with E-state index < -0.39 is 12.8 Å². The SMILES string of the molecule is NCC(CCCOCC(F)(F)F)Cc1ccc(Br)cc1. The molecule has 0 heterocycles. The molecule has 0 aliphatic heterocycles. The molecule has 0 fully saturated rings. The standard InChI is InChI=1S/C14H19BrF3NO/c15-13-5-3-11(4-6-13)8-12(9-19)2-1-7-20-10-14(16,17)18/h3-6,12H,1-2,7-10,19H2. The first-order valence-corrected chi connectivity index (χ1v) is 7.29. The Balaban J connectivity index is 2.24. The van der Waals surface area contributed by atoms with Crippen molar-refractivity contribution in [1.82, 2.24) is 0 Å². The van der Waals surface area contributed by atoms with E-state index in [9.17, 15) is 13.2 Å². The molecule has 6 heteroatoms. The van der Waals surface area contributed by atoms with Gasteiger partial charge in [0.2, 0.25) is 0 Å². The molecule has 0 aromatic heterocycles. The fraction of sp³-hybridized carbons (Fsp3) is 0.571. The van der Waals surface area contributed by atoms with Gasteiger partial charge in [-0.1, -0.05) is 28.1 Å². The zero-order valence-electron chi connectivity index (χ0n) is 11.1. The van der Waals surface area contributed by atoms with Gasteiger partial charge in [-0.3, -0.25) is 0 Å². The molecule has 1 aromatic carbocycles. The molecule has 1 aromatic rings. The monoisotopic (exact) mass is 353 g/mol. The molecule has 0 spiro atoms. The van der Waals surface area contributed by atoms with E-state index in [2.05, 4.69) is 20.7 Å². The summed E-state index contributed by atoms with van der Waals surface area (Å²) in [4.78, 5) is 0. The summed E-state index contributed by atoms with van der Waals surface area (Å²) in [6.45, 7) is -0.529. The average Bonchev–Trinajstić information content (AvgIpc) is 2.38. The first-order chi connectivity index (χ1) is 9.40. The Hall–Kier alpha value is -0.590. The van der Waals surface area contributed by atoms with Gasteiger partial charge in [0.05, 0.1) is 0 Å². The summed E-state index contributed by atoms with van der Waals surface area (Å²) in [5.41, 5.74) is 6.88. The van der Waals surface area contributed by atoms with E-state index in [0.717, 1.165) is 17.3 Å². The van der Waals surface area contributed by atoms with Crippen LogP contribution in [0.5, 0.6) is 0 Å². The molecule has 114 valence electrons. The molecule has 0 bridgehead atoms. The van der Waals surface area contributed by atoms with Gasteiger partial charge < -0.3 is 10.5 Å². The van der Waals surface area contributed by atoms with Crippen LogP contribution in [-0.2, 0) is 11.2 Å². The van der Waals surface area contributed by atoms with Crippen LogP contribution in [0.2, 0.25) is 0 Å². The van der Waals surface area contributed by atoms with Crippen LogP contribution >= 0.6 is 15.9 Å². The number of ether oxygens (including phenoxy) is 1. The number of benzene rings is 1. The van der Waals surface area contributed by atoms with E-state index in [1.807, 2.05) is 24.3 Å². The van der Waals surface area contributed by atoms with Crippen molar-refractivity contribution in [1.29, 1.82) is 0 Å². The van der Waals surface area contributed by atoms with Crippen molar-refractivity contribution in [3.05, 3.63) is 34.3 Å². The third-order valence-corrected chi connectivity index (χ3v) is 3.47. The van der Waals surface area contributed by atoms with Crippen LogP contribution in [0.15, 0.2) is 28.7 Å². The highest BCUT2D eigenvalue weighted by atomic mass is 79.9. The first-order valence-electron chi connectivity index (χ1n) is 6.49. The Kier molecular flexibility index (Phi) is 7.55. The van der Waals surface area contributed by atoms with E-state index in [1.165, 1.54) is 5.56 Å². The highest BCUT2D eigenvalue weighted by Gasteiger charge is 2.27. The lowest BCUT2D eigenvalue weighted by Crippen LogP contribution is -2.19. The maximum absolute atomic E-state index is 11.9. The summed E-state index contributed by atoms with van der Waals surface area (Å²) in [6, 6.07) is 7.98. The smallest absolute Gasteiger partial charge is 0.372 e. The molecule has 1 atom stereocenters. The van der Waals surface area contributed by atoms with Gasteiger partial charge in [-0.25, -0.2) is 0 Å². The minimum absolute atomic E-state index is 0.121. The van der Waals surface area contributed by atoms with E-state index in [0.29, 0.717) is 13.0 Å². The molecule has 1 unspecified atom stereocenters. The molecular weight excluding hydrogens is 335 g/mol. The number of rotatable bonds is 8. The summed E-state index contributed by atoms with van der Waals surface area (Å²) in [7, 11) is 0. The van der Waals surface area contributed by atoms with E-state index in [-0.39, 0.29) is 12.5 Å². The Morgan fingerprint density at radius 2 is 1.85 bits per heavy atom.